The molecule has 1 atom stereocenters. The van der Waals surface area contributed by atoms with Gasteiger partial charge in [-0.05, 0) is 12.8 Å². The van der Waals surface area contributed by atoms with Gasteiger partial charge in [-0.2, -0.15) is 0 Å². The summed E-state index contributed by atoms with van der Waals surface area (Å²) >= 11 is 0. The van der Waals surface area contributed by atoms with E-state index in [4.69, 9.17) is 16.9 Å². The fourth-order valence-electron chi connectivity index (χ4n) is 1.07. The van der Waals surface area contributed by atoms with Gasteiger partial charge in [-0.1, -0.05) is 5.92 Å². The van der Waals surface area contributed by atoms with E-state index in [0.29, 0.717) is 19.6 Å². The van der Waals surface area contributed by atoms with Crippen LogP contribution in [-0.4, -0.2) is 44.2 Å². The molecule has 0 heterocycles. The highest BCUT2D eigenvalue weighted by Crippen LogP contribution is 1.98. The quantitative estimate of drug-likeness (QED) is 0.476. The third-order valence-electron chi connectivity index (χ3n) is 1.89. The Morgan fingerprint density at radius 2 is 2.36 bits per heavy atom. The fourth-order valence-corrected chi connectivity index (χ4v) is 1.07. The monoisotopic (exact) mass is 198 g/mol. The molecule has 0 saturated carbocycles. The number of nitrogens with zero attached hydrogens (tertiary/aromatic N) is 1. The molecule has 0 aromatic heterocycles. The summed E-state index contributed by atoms with van der Waals surface area (Å²) in [4.78, 5) is 12.9. The number of likely N-dealkylation sites (N-methyl/N-ethyl adjacent to an activating group) is 1. The second kappa shape index (κ2) is 7.36. The second-order valence-corrected chi connectivity index (χ2v) is 3.14. The topological polar surface area (TPSA) is 55.6 Å². The van der Waals surface area contributed by atoms with Crippen LogP contribution >= 0.6 is 0 Å². The van der Waals surface area contributed by atoms with Crippen molar-refractivity contribution >= 4 is 5.91 Å². The minimum absolute atomic E-state index is 0.112. The number of terminal acetylenes is 1. The maximum Gasteiger partial charge on any atom is 0.240 e. The van der Waals surface area contributed by atoms with Crippen molar-refractivity contribution in [1.82, 2.24) is 4.90 Å². The SMILES string of the molecule is C#CCN(C)C(=O)C(N)CCCOC. The van der Waals surface area contributed by atoms with E-state index in [-0.39, 0.29) is 5.91 Å². The van der Waals surface area contributed by atoms with Crippen LogP contribution in [0.4, 0.5) is 0 Å². The number of carbonyl (C=O) groups is 1. The van der Waals surface area contributed by atoms with Crippen LogP contribution in [0.3, 0.4) is 0 Å². The van der Waals surface area contributed by atoms with E-state index in [9.17, 15) is 4.79 Å². The summed E-state index contributed by atoms with van der Waals surface area (Å²) in [6.45, 7) is 0.927. The van der Waals surface area contributed by atoms with Gasteiger partial charge in [-0.25, -0.2) is 0 Å². The minimum Gasteiger partial charge on any atom is -0.385 e. The Morgan fingerprint density at radius 3 is 2.86 bits per heavy atom. The van der Waals surface area contributed by atoms with E-state index in [1.807, 2.05) is 0 Å². The number of methoxy groups -OCH3 is 1. The van der Waals surface area contributed by atoms with Gasteiger partial charge in [0.15, 0.2) is 0 Å². The molecule has 1 unspecified atom stereocenters. The Kier molecular flexibility index (Phi) is 6.81. The Bertz CT molecular complexity index is 211. The summed E-state index contributed by atoms with van der Waals surface area (Å²) in [5.41, 5.74) is 5.67. The first kappa shape index (κ1) is 12.9. The lowest BCUT2D eigenvalue weighted by atomic mass is 10.1. The van der Waals surface area contributed by atoms with Crippen molar-refractivity contribution in [3.05, 3.63) is 0 Å². The molecule has 0 aliphatic heterocycles. The highest BCUT2D eigenvalue weighted by Gasteiger charge is 2.16. The van der Waals surface area contributed by atoms with Crippen LogP contribution in [-0.2, 0) is 9.53 Å². The van der Waals surface area contributed by atoms with Gasteiger partial charge < -0.3 is 15.4 Å². The summed E-state index contributed by atoms with van der Waals surface area (Å²) in [5, 5.41) is 0. The molecule has 0 saturated heterocycles. The van der Waals surface area contributed by atoms with Crippen LogP contribution in [0, 0.1) is 12.3 Å². The summed E-state index contributed by atoms with van der Waals surface area (Å²) in [5.74, 6) is 2.28. The molecule has 4 nitrogen and oxygen atoms in total. The number of rotatable bonds is 6. The molecule has 14 heavy (non-hydrogen) atoms. The van der Waals surface area contributed by atoms with Gasteiger partial charge in [0.25, 0.3) is 0 Å². The van der Waals surface area contributed by atoms with Gasteiger partial charge in [0.2, 0.25) is 5.91 Å². The number of hydrogen-bond acceptors (Lipinski definition) is 3. The first-order chi connectivity index (χ1) is 6.63. The molecule has 0 spiro atoms. The average Bonchev–Trinajstić information content (AvgIpc) is 2.17. The lowest BCUT2D eigenvalue weighted by Gasteiger charge is -2.18. The molecule has 0 fully saturated rings. The van der Waals surface area contributed by atoms with Crippen LogP contribution < -0.4 is 5.73 Å². The molecular formula is C10H18N2O2. The van der Waals surface area contributed by atoms with Crippen molar-refractivity contribution in [3.8, 4) is 12.3 Å². The summed E-state index contributed by atoms with van der Waals surface area (Å²) < 4.78 is 4.87. The zero-order valence-electron chi connectivity index (χ0n) is 8.82. The highest BCUT2D eigenvalue weighted by molar-refractivity contribution is 5.81. The van der Waals surface area contributed by atoms with Gasteiger partial charge in [0.1, 0.15) is 0 Å². The van der Waals surface area contributed by atoms with Crippen LogP contribution in [0.25, 0.3) is 0 Å². The van der Waals surface area contributed by atoms with Crippen molar-refractivity contribution in [2.45, 2.75) is 18.9 Å². The maximum atomic E-state index is 11.5. The van der Waals surface area contributed by atoms with E-state index in [1.165, 1.54) is 4.90 Å². The highest BCUT2D eigenvalue weighted by atomic mass is 16.5. The molecule has 0 aliphatic carbocycles. The minimum atomic E-state index is -0.469. The van der Waals surface area contributed by atoms with Gasteiger partial charge >= 0.3 is 0 Å². The predicted molar refractivity (Wildman–Crippen MR) is 55.6 cm³/mol. The van der Waals surface area contributed by atoms with Crippen molar-refractivity contribution < 1.29 is 9.53 Å². The molecule has 0 aliphatic rings. The van der Waals surface area contributed by atoms with Gasteiger partial charge in [-0.3, -0.25) is 4.79 Å². The molecule has 2 N–H and O–H groups in total. The Labute approximate surface area is 85.4 Å². The number of amides is 1. The molecule has 4 heteroatoms. The van der Waals surface area contributed by atoms with Gasteiger partial charge in [0.05, 0.1) is 12.6 Å². The van der Waals surface area contributed by atoms with E-state index in [1.54, 1.807) is 14.2 Å². The van der Waals surface area contributed by atoms with Crippen LogP contribution in [0.5, 0.6) is 0 Å². The van der Waals surface area contributed by atoms with Crippen molar-refractivity contribution in [2.75, 3.05) is 27.3 Å². The third-order valence-corrected chi connectivity index (χ3v) is 1.89. The second-order valence-electron chi connectivity index (χ2n) is 3.14. The van der Waals surface area contributed by atoms with Crippen LogP contribution in [0.2, 0.25) is 0 Å². The van der Waals surface area contributed by atoms with Crippen LogP contribution in [0.1, 0.15) is 12.8 Å². The van der Waals surface area contributed by atoms with E-state index < -0.39 is 6.04 Å². The normalized spacial score (nSPS) is 11.9. The van der Waals surface area contributed by atoms with Gasteiger partial charge in [-0.15, -0.1) is 6.42 Å². The number of hydrogen-bond donors (Lipinski definition) is 1. The number of nitrogens with two attached hydrogens (primary N) is 1. The molecular weight excluding hydrogens is 180 g/mol. The molecule has 0 radical (unpaired) electrons. The Morgan fingerprint density at radius 1 is 1.71 bits per heavy atom. The van der Waals surface area contributed by atoms with Gasteiger partial charge in [0, 0.05) is 20.8 Å². The average molecular weight is 198 g/mol. The van der Waals surface area contributed by atoms with Crippen molar-refractivity contribution in [3.63, 3.8) is 0 Å². The summed E-state index contributed by atoms with van der Waals surface area (Å²) in [6.07, 6.45) is 6.50. The van der Waals surface area contributed by atoms with Crippen LogP contribution in [0.15, 0.2) is 0 Å². The predicted octanol–water partition coefficient (Wildman–Crippen LogP) is -0.168. The number of carbonyl (C=O) groups excluding carboxylic acids is 1. The molecule has 0 rings (SSSR count). The Hall–Kier alpha value is -1.05. The lowest BCUT2D eigenvalue weighted by molar-refractivity contribution is -0.130. The zero-order valence-corrected chi connectivity index (χ0v) is 8.82. The number of ether oxygens (including phenoxy) is 1. The molecule has 0 aromatic rings. The first-order valence-corrected chi connectivity index (χ1v) is 4.56. The smallest absolute Gasteiger partial charge is 0.240 e. The molecule has 1 amide bonds. The van der Waals surface area contributed by atoms with E-state index >= 15 is 0 Å². The fraction of sp³-hybridized carbons (Fsp3) is 0.700. The Balaban J connectivity index is 3.81. The molecule has 0 aromatic carbocycles. The maximum absolute atomic E-state index is 11.5. The third kappa shape index (κ3) is 4.85. The molecule has 80 valence electrons. The van der Waals surface area contributed by atoms with Crippen molar-refractivity contribution in [1.29, 1.82) is 0 Å². The van der Waals surface area contributed by atoms with E-state index in [0.717, 1.165) is 6.42 Å². The summed E-state index contributed by atoms with van der Waals surface area (Å²) in [6, 6.07) is -0.469. The standard InChI is InChI=1S/C10H18N2O2/c1-4-7-12(2)10(13)9(11)6-5-8-14-3/h1,9H,5-8,11H2,2-3H3. The largest absolute Gasteiger partial charge is 0.385 e. The lowest BCUT2D eigenvalue weighted by Crippen LogP contribution is -2.41. The first-order valence-electron chi connectivity index (χ1n) is 4.56. The summed E-state index contributed by atoms with van der Waals surface area (Å²) in [7, 11) is 3.27. The van der Waals surface area contributed by atoms with E-state index in [2.05, 4.69) is 5.92 Å². The zero-order chi connectivity index (χ0) is 11.0. The van der Waals surface area contributed by atoms with Crippen molar-refractivity contribution in [2.24, 2.45) is 5.73 Å². The molecule has 0 bridgehead atoms.